The van der Waals surface area contributed by atoms with E-state index >= 15 is 0 Å². The topological polar surface area (TPSA) is 43.1 Å². The number of hydrogen-bond acceptors (Lipinski definition) is 2. The molecule has 0 saturated carbocycles. The zero-order valence-electron chi connectivity index (χ0n) is 8.91. The smallest absolute Gasteiger partial charge is 0.249 e. The molecule has 86 valence electrons. The summed E-state index contributed by atoms with van der Waals surface area (Å²) in [6.45, 7) is 3.57. The van der Waals surface area contributed by atoms with Gasteiger partial charge in [0.2, 0.25) is 5.70 Å². The largest absolute Gasteiger partial charge is 0.259 e. The van der Waals surface area contributed by atoms with Crippen LogP contribution in [-0.2, 0) is 0 Å². The average Bonchev–Trinajstić information content (AvgIpc) is 2.18. The highest BCUT2D eigenvalue weighted by Crippen LogP contribution is 2.25. The van der Waals surface area contributed by atoms with Crippen molar-refractivity contribution < 1.29 is 4.92 Å². The Morgan fingerprint density at radius 2 is 2.19 bits per heavy atom. The summed E-state index contributed by atoms with van der Waals surface area (Å²) >= 11 is 9.17. The fourth-order valence-electron chi connectivity index (χ4n) is 1.21. The molecule has 0 unspecified atom stereocenters. The van der Waals surface area contributed by atoms with Crippen LogP contribution in [0.2, 0.25) is 5.02 Å². The van der Waals surface area contributed by atoms with Crippen LogP contribution in [0.15, 0.2) is 28.4 Å². The molecule has 0 heterocycles. The molecule has 0 amide bonds. The lowest BCUT2D eigenvalue weighted by atomic mass is 10.1. The van der Waals surface area contributed by atoms with Crippen LogP contribution in [0.5, 0.6) is 0 Å². The van der Waals surface area contributed by atoms with Crippen molar-refractivity contribution in [3.05, 3.63) is 49.1 Å². The summed E-state index contributed by atoms with van der Waals surface area (Å²) in [6.07, 6.45) is 1.54. The summed E-state index contributed by atoms with van der Waals surface area (Å²) in [4.78, 5) is 10.5. The fraction of sp³-hybridized carbons (Fsp3) is 0.273. The van der Waals surface area contributed by atoms with Crippen molar-refractivity contribution in [1.82, 2.24) is 0 Å². The first kappa shape index (κ1) is 13.2. The second-order valence-corrected chi connectivity index (χ2v) is 4.94. The quantitative estimate of drug-likeness (QED) is 0.614. The van der Waals surface area contributed by atoms with Crippen LogP contribution in [-0.4, -0.2) is 4.92 Å². The molecule has 0 bridgehead atoms. The molecule has 0 spiro atoms. The van der Waals surface area contributed by atoms with Crippen molar-refractivity contribution in [2.24, 2.45) is 5.92 Å². The van der Waals surface area contributed by atoms with Crippen LogP contribution in [0, 0.1) is 16.0 Å². The van der Waals surface area contributed by atoms with Gasteiger partial charge < -0.3 is 0 Å². The molecule has 0 aliphatic heterocycles. The molecule has 5 heteroatoms. The Balaban J connectivity index is 3.22. The van der Waals surface area contributed by atoms with Gasteiger partial charge in [0.1, 0.15) is 0 Å². The summed E-state index contributed by atoms with van der Waals surface area (Å²) in [5.74, 6) is -0.138. The van der Waals surface area contributed by atoms with E-state index in [1.165, 1.54) is 0 Å². The lowest BCUT2D eigenvalue weighted by Crippen LogP contribution is -2.05. The first-order valence-corrected chi connectivity index (χ1v) is 5.90. The summed E-state index contributed by atoms with van der Waals surface area (Å²) in [5.41, 5.74) is 0.885. The number of halogens is 2. The van der Waals surface area contributed by atoms with Gasteiger partial charge in [-0.2, -0.15) is 0 Å². The first-order valence-electron chi connectivity index (χ1n) is 4.73. The van der Waals surface area contributed by atoms with Crippen molar-refractivity contribution in [3.8, 4) is 0 Å². The minimum absolute atomic E-state index is 0.138. The van der Waals surface area contributed by atoms with E-state index in [-0.39, 0.29) is 16.5 Å². The van der Waals surface area contributed by atoms with Gasteiger partial charge in [0, 0.05) is 21.5 Å². The van der Waals surface area contributed by atoms with Crippen LogP contribution >= 0.6 is 27.5 Å². The molecule has 1 aromatic carbocycles. The lowest BCUT2D eigenvalue weighted by Gasteiger charge is -2.03. The van der Waals surface area contributed by atoms with Gasteiger partial charge in [0.25, 0.3) is 0 Å². The molecule has 0 saturated heterocycles. The Morgan fingerprint density at radius 1 is 1.56 bits per heavy atom. The van der Waals surface area contributed by atoms with Gasteiger partial charge in [-0.25, -0.2) is 0 Å². The van der Waals surface area contributed by atoms with Crippen LogP contribution in [0.1, 0.15) is 19.4 Å². The maximum Gasteiger partial charge on any atom is 0.249 e. The molecule has 0 aromatic heterocycles. The molecule has 0 fully saturated rings. The van der Waals surface area contributed by atoms with Gasteiger partial charge in [0.05, 0.1) is 4.92 Å². The highest BCUT2D eigenvalue weighted by atomic mass is 79.9. The minimum atomic E-state index is -0.363. The van der Waals surface area contributed by atoms with E-state index in [1.807, 2.05) is 0 Å². The second-order valence-electron chi connectivity index (χ2n) is 3.65. The van der Waals surface area contributed by atoms with Crippen molar-refractivity contribution in [2.45, 2.75) is 13.8 Å². The summed E-state index contributed by atoms with van der Waals surface area (Å²) in [5, 5.41) is 11.4. The van der Waals surface area contributed by atoms with E-state index < -0.39 is 0 Å². The van der Waals surface area contributed by atoms with Gasteiger partial charge >= 0.3 is 0 Å². The van der Waals surface area contributed by atoms with Gasteiger partial charge in [0.15, 0.2) is 0 Å². The second kappa shape index (κ2) is 5.46. The van der Waals surface area contributed by atoms with E-state index in [0.717, 1.165) is 4.47 Å². The predicted molar refractivity (Wildman–Crippen MR) is 69.0 cm³/mol. The van der Waals surface area contributed by atoms with Crippen LogP contribution < -0.4 is 0 Å². The Hall–Kier alpha value is -0.870. The molecule has 0 aliphatic rings. The minimum Gasteiger partial charge on any atom is -0.259 e. The molecular weight excluding hydrogens is 293 g/mol. The maximum atomic E-state index is 10.8. The van der Waals surface area contributed by atoms with Crippen molar-refractivity contribution in [2.75, 3.05) is 0 Å². The van der Waals surface area contributed by atoms with Crippen LogP contribution in [0.4, 0.5) is 0 Å². The van der Waals surface area contributed by atoms with E-state index in [1.54, 1.807) is 38.1 Å². The van der Waals surface area contributed by atoms with E-state index in [9.17, 15) is 10.1 Å². The normalized spacial score (nSPS) is 11.9. The number of nitrogens with zero attached hydrogens (tertiary/aromatic N) is 1. The molecule has 0 N–H and O–H groups in total. The van der Waals surface area contributed by atoms with E-state index in [0.29, 0.717) is 10.6 Å². The van der Waals surface area contributed by atoms with Crippen LogP contribution in [0.25, 0.3) is 6.08 Å². The van der Waals surface area contributed by atoms with Gasteiger partial charge in [-0.15, -0.1) is 0 Å². The molecule has 0 aliphatic carbocycles. The van der Waals surface area contributed by atoms with Crippen molar-refractivity contribution >= 4 is 33.6 Å². The molecule has 0 radical (unpaired) electrons. The van der Waals surface area contributed by atoms with Crippen molar-refractivity contribution in [1.29, 1.82) is 0 Å². The monoisotopic (exact) mass is 303 g/mol. The predicted octanol–water partition coefficient (Wildman–Crippen LogP) is 4.38. The Kier molecular flexibility index (Phi) is 4.50. The number of allylic oxidation sites excluding steroid dienone is 1. The van der Waals surface area contributed by atoms with Crippen molar-refractivity contribution in [3.63, 3.8) is 0 Å². The summed E-state index contributed by atoms with van der Waals surface area (Å²) in [6, 6.07) is 5.19. The highest BCUT2D eigenvalue weighted by Gasteiger charge is 2.16. The third kappa shape index (κ3) is 3.32. The molecule has 16 heavy (non-hydrogen) atoms. The zero-order valence-corrected chi connectivity index (χ0v) is 11.2. The molecule has 1 aromatic rings. The number of rotatable bonds is 3. The Bertz CT molecular complexity index is 444. The fourth-order valence-corrected chi connectivity index (χ4v) is 1.76. The van der Waals surface area contributed by atoms with Crippen LogP contribution in [0.3, 0.4) is 0 Å². The third-order valence-electron chi connectivity index (χ3n) is 2.06. The molecule has 3 nitrogen and oxygen atoms in total. The number of benzene rings is 1. The Morgan fingerprint density at radius 3 is 2.69 bits per heavy atom. The maximum absolute atomic E-state index is 10.8. The highest BCUT2D eigenvalue weighted by molar-refractivity contribution is 9.10. The van der Waals surface area contributed by atoms with E-state index in [2.05, 4.69) is 15.9 Å². The number of nitro groups is 1. The SMILES string of the molecule is CC(C)/C(=C/c1cc(Cl)ccc1Br)[N+](=O)[O-]. The zero-order chi connectivity index (χ0) is 12.3. The molecule has 0 atom stereocenters. The van der Waals surface area contributed by atoms with Gasteiger partial charge in [-0.3, -0.25) is 10.1 Å². The average molecular weight is 305 g/mol. The number of hydrogen-bond donors (Lipinski definition) is 0. The Labute approximate surface area is 107 Å². The van der Waals surface area contributed by atoms with Gasteiger partial charge in [-0.1, -0.05) is 41.4 Å². The summed E-state index contributed by atoms with van der Waals surface area (Å²) in [7, 11) is 0. The molecular formula is C11H11BrClNO2. The first-order chi connectivity index (χ1) is 7.41. The standard InChI is InChI=1S/C11H11BrClNO2/c1-7(2)11(14(15)16)6-8-5-9(13)3-4-10(8)12/h3-7H,1-2H3/b11-6-. The summed E-state index contributed by atoms with van der Waals surface area (Å²) < 4.78 is 0.789. The molecule has 1 rings (SSSR count). The van der Waals surface area contributed by atoms with E-state index in [4.69, 9.17) is 11.6 Å². The lowest BCUT2D eigenvalue weighted by molar-refractivity contribution is -0.431. The third-order valence-corrected chi connectivity index (χ3v) is 3.02. The van der Waals surface area contributed by atoms with Gasteiger partial charge in [-0.05, 0) is 23.8 Å².